The molecule has 0 unspecified atom stereocenters. The molecular weight excluding hydrogens is 192 g/mol. The molecule has 2 aromatic carbocycles. The molecule has 0 amide bonds. The van der Waals surface area contributed by atoms with Gasteiger partial charge in [0, 0.05) is 0 Å². The Labute approximate surface area is 85.6 Å². The van der Waals surface area contributed by atoms with Gasteiger partial charge in [-0.2, -0.15) is 0 Å². The van der Waals surface area contributed by atoms with Crippen LogP contribution >= 0.6 is 0 Å². The molecule has 3 nitrogen and oxygen atoms in total. The molecule has 0 saturated carbocycles. The Bertz CT molecular complexity index is 572. The molecule has 0 aliphatic carbocycles. The lowest BCUT2D eigenvalue weighted by Gasteiger charge is -1.98. The van der Waals surface area contributed by atoms with E-state index in [1.165, 1.54) is 6.08 Å². The quantitative estimate of drug-likeness (QED) is 0.740. The zero-order valence-electron chi connectivity index (χ0n) is 7.81. The number of benzene rings is 1. The first kappa shape index (κ1) is 9.40. The molecule has 0 fully saturated rings. The molecule has 0 spiro atoms. The zero-order chi connectivity index (χ0) is 10.8. The molecule has 0 saturated heterocycles. The molecule has 74 valence electrons. The maximum Gasteiger partial charge on any atom is 0.268 e. The number of aromatic hydroxyl groups is 1. The fourth-order valence-electron chi connectivity index (χ4n) is 1.30. The normalized spacial score (nSPS) is 11.2. The first-order valence-corrected chi connectivity index (χ1v) is 4.45. The van der Waals surface area contributed by atoms with Crippen molar-refractivity contribution in [3.05, 3.63) is 61.9 Å². The smallest absolute Gasteiger partial charge is 0.268 e. The Morgan fingerprint density at radius 2 is 1.60 bits per heavy atom. The van der Waals surface area contributed by atoms with Gasteiger partial charge in [0.2, 0.25) is 5.43 Å². The molecule has 0 aromatic heterocycles. The van der Waals surface area contributed by atoms with E-state index in [2.05, 4.69) is 0 Å². The third kappa shape index (κ3) is 1.59. The Hall–Kier alpha value is -2.16. The van der Waals surface area contributed by atoms with Crippen molar-refractivity contribution in [3.8, 4) is 5.75 Å². The molecule has 0 aliphatic rings. The van der Waals surface area contributed by atoms with Crippen LogP contribution in [0, 0.1) is 0 Å². The predicted molar refractivity (Wildman–Crippen MR) is 58.4 cm³/mol. The SMILES string of the molecule is O=c1c(O)c(C=Cc2ccccc2)c1=O. The van der Waals surface area contributed by atoms with E-state index in [1.54, 1.807) is 6.08 Å². The minimum atomic E-state index is -0.803. The van der Waals surface area contributed by atoms with E-state index < -0.39 is 16.6 Å². The first-order valence-electron chi connectivity index (χ1n) is 4.45. The fraction of sp³-hybridized carbons (Fsp3) is 0. The second-order valence-corrected chi connectivity index (χ2v) is 3.16. The number of hydrogen-bond donors (Lipinski definition) is 1. The van der Waals surface area contributed by atoms with E-state index in [-0.39, 0.29) is 5.56 Å². The highest BCUT2D eigenvalue weighted by molar-refractivity contribution is 5.73. The summed E-state index contributed by atoms with van der Waals surface area (Å²) in [6, 6.07) is 9.33. The predicted octanol–water partition coefficient (Wildman–Crippen LogP) is 1.16. The van der Waals surface area contributed by atoms with Gasteiger partial charge in [0.25, 0.3) is 5.43 Å². The largest absolute Gasteiger partial charge is 0.504 e. The average molecular weight is 200 g/mol. The molecule has 0 bridgehead atoms. The maximum absolute atomic E-state index is 11.0. The van der Waals surface area contributed by atoms with Crippen molar-refractivity contribution in [2.45, 2.75) is 0 Å². The van der Waals surface area contributed by atoms with Crippen molar-refractivity contribution < 1.29 is 5.11 Å². The number of rotatable bonds is 2. The summed E-state index contributed by atoms with van der Waals surface area (Å²) in [5, 5.41) is 9.08. The van der Waals surface area contributed by atoms with Gasteiger partial charge in [0.15, 0.2) is 5.75 Å². The highest BCUT2D eigenvalue weighted by Gasteiger charge is 2.16. The molecule has 1 N–H and O–H groups in total. The Morgan fingerprint density at radius 1 is 0.933 bits per heavy atom. The van der Waals surface area contributed by atoms with E-state index >= 15 is 0 Å². The second kappa shape index (κ2) is 3.53. The summed E-state index contributed by atoms with van der Waals surface area (Å²) in [4.78, 5) is 21.7. The lowest BCUT2D eigenvalue weighted by atomic mass is 10.1. The molecule has 15 heavy (non-hydrogen) atoms. The van der Waals surface area contributed by atoms with Crippen LogP contribution in [0.2, 0.25) is 0 Å². The Morgan fingerprint density at radius 3 is 2.20 bits per heavy atom. The van der Waals surface area contributed by atoms with Crippen LogP contribution in [0.1, 0.15) is 11.1 Å². The van der Waals surface area contributed by atoms with E-state index in [0.717, 1.165) is 5.56 Å². The van der Waals surface area contributed by atoms with Crippen molar-refractivity contribution in [2.24, 2.45) is 0 Å². The van der Waals surface area contributed by atoms with Gasteiger partial charge in [0.1, 0.15) is 0 Å². The molecule has 0 atom stereocenters. The van der Waals surface area contributed by atoms with Gasteiger partial charge in [-0.3, -0.25) is 9.59 Å². The summed E-state index contributed by atoms with van der Waals surface area (Å²) < 4.78 is 0. The fourth-order valence-corrected chi connectivity index (χ4v) is 1.30. The lowest BCUT2D eigenvalue weighted by Crippen LogP contribution is -2.32. The Kier molecular flexibility index (Phi) is 2.21. The van der Waals surface area contributed by atoms with Crippen molar-refractivity contribution >= 4 is 12.2 Å². The lowest BCUT2D eigenvalue weighted by molar-refractivity contribution is 0.461. The van der Waals surface area contributed by atoms with Gasteiger partial charge in [0.05, 0.1) is 5.56 Å². The minimum absolute atomic E-state index is 0.0869. The molecule has 0 aliphatic heterocycles. The van der Waals surface area contributed by atoms with Crippen LogP contribution < -0.4 is 10.9 Å². The van der Waals surface area contributed by atoms with E-state index in [9.17, 15) is 9.59 Å². The molecule has 2 aromatic rings. The highest BCUT2D eigenvalue weighted by atomic mass is 16.3. The van der Waals surface area contributed by atoms with Crippen LogP contribution in [0.3, 0.4) is 0 Å². The summed E-state index contributed by atoms with van der Waals surface area (Å²) in [6.45, 7) is 0. The monoisotopic (exact) mass is 200 g/mol. The zero-order valence-corrected chi connectivity index (χ0v) is 7.81. The number of hydrogen-bond acceptors (Lipinski definition) is 3. The van der Waals surface area contributed by atoms with Crippen LogP contribution in [0.5, 0.6) is 5.75 Å². The van der Waals surface area contributed by atoms with Crippen LogP contribution in [0.25, 0.3) is 12.2 Å². The van der Waals surface area contributed by atoms with Crippen molar-refractivity contribution in [3.63, 3.8) is 0 Å². The standard InChI is InChI=1S/C12H8O3/c13-10-9(11(14)12(10)15)7-6-8-4-2-1-3-5-8/h1-7,13H. The summed E-state index contributed by atoms with van der Waals surface area (Å²) in [5.41, 5.74) is -0.434. The summed E-state index contributed by atoms with van der Waals surface area (Å²) in [7, 11) is 0. The van der Waals surface area contributed by atoms with Gasteiger partial charge in [-0.15, -0.1) is 0 Å². The maximum atomic E-state index is 11.0. The molecule has 0 heterocycles. The average Bonchev–Trinajstić information content (AvgIpc) is 2.30. The van der Waals surface area contributed by atoms with Crippen LogP contribution in [0.4, 0.5) is 0 Å². The van der Waals surface area contributed by atoms with Crippen molar-refractivity contribution in [2.75, 3.05) is 0 Å². The van der Waals surface area contributed by atoms with Crippen LogP contribution in [-0.2, 0) is 0 Å². The van der Waals surface area contributed by atoms with Crippen molar-refractivity contribution in [1.82, 2.24) is 0 Å². The third-order valence-electron chi connectivity index (χ3n) is 2.16. The van der Waals surface area contributed by atoms with E-state index in [4.69, 9.17) is 5.11 Å². The third-order valence-corrected chi connectivity index (χ3v) is 2.16. The van der Waals surface area contributed by atoms with Crippen LogP contribution in [0.15, 0.2) is 39.9 Å². The van der Waals surface area contributed by atoms with Gasteiger partial charge >= 0.3 is 0 Å². The summed E-state index contributed by atoms with van der Waals surface area (Å²) >= 11 is 0. The topological polar surface area (TPSA) is 54.4 Å². The van der Waals surface area contributed by atoms with Gasteiger partial charge in [-0.05, 0) is 11.6 Å². The minimum Gasteiger partial charge on any atom is -0.504 e. The molecule has 3 heteroatoms. The first-order chi connectivity index (χ1) is 7.20. The second-order valence-electron chi connectivity index (χ2n) is 3.16. The molecule has 0 radical (unpaired) electrons. The van der Waals surface area contributed by atoms with E-state index in [0.29, 0.717) is 0 Å². The summed E-state index contributed by atoms with van der Waals surface area (Å²) in [5.74, 6) is -0.438. The summed E-state index contributed by atoms with van der Waals surface area (Å²) in [6.07, 6.45) is 3.13. The van der Waals surface area contributed by atoms with E-state index in [1.807, 2.05) is 30.3 Å². The molecule has 2 rings (SSSR count). The molecular formula is C12H8O3. The van der Waals surface area contributed by atoms with Crippen molar-refractivity contribution in [1.29, 1.82) is 0 Å². The van der Waals surface area contributed by atoms with Crippen LogP contribution in [-0.4, -0.2) is 5.11 Å². The van der Waals surface area contributed by atoms with Gasteiger partial charge < -0.3 is 5.11 Å². The van der Waals surface area contributed by atoms with Gasteiger partial charge in [-0.25, -0.2) is 0 Å². The Balaban J connectivity index is 2.28. The highest BCUT2D eigenvalue weighted by Crippen LogP contribution is 2.12. The van der Waals surface area contributed by atoms with Gasteiger partial charge in [-0.1, -0.05) is 36.4 Å².